The number of amides is 2. The first-order valence-corrected chi connectivity index (χ1v) is 7.45. The number of anilines is 1. The molecule has 4 heteroatoms. The Kier molecular flexibility index (Phi) is 3.57. The third kappa shape index (κ3) is 2.36. The standard InChI is InChI=1S/C16H20N2O2/c1-12-5-7-13(8-6-12)18-15(19)11-14(16(18)20)17-9-3-2-4-10-17/h5-8,14H,2-4,9-11H2,1H3/p+1/t14-/m0/s1. The topological polar surface area (TPSA) is 41.8 Å². The largest absolute Gasteiger partial charge is 0.324 e. The first-order chi connectivity index (χ1) is 9.66. The summed E-state index contributed by atoms with van der Waals surface area (Å²) >= 11 is 0. The van der Waals surface area contributed by atoms with Gasteiger partial charge in [0, 0.05) is 0 Å². The van der Waals surface area contributed by atoms with Crippen molar-refractivity contribution < 1.29 is 14.5 Å². The van der Waals surface area contributed by atoms with Gasteiger partial charge in [0.2, 0.25) is 5.91 Å². The molecule has 106 valence electrons. The van der Waals surface area contributed by atoms with E-state index in [9.17, 15) is 9.59 Å². The SMILES string of the molecule is Cc1ccc(N2C(=O)C[C@H]([NH+]3CCCCC3)C2=O)cc1. The number of hydrogen-bond acceptors (Lipinski definition) is 2. The van der Waals surface area contributed by atoms with E-state index >= 15 is 0 Å². The molecule has 0 bridgehead atoms. The summed E-state index contributed by atoms with van der Waals surface area (Å²) in [5.74, 6) is -0.0716. The van der Waals surface area contributed by atoms with Crippen LogP contribution in [0.5, 0.6) is 0 Å². The summed E-state index contributed by atoms with van der Waals surface area (Å²) in [6, 6.07) is 7.44. The number of carbonyl (C=O) groups is 2. The lowest BCUT2D eigenvalue weighted by molar-refractivity contribution is -0.919. The van der Waals surface area contributed by atoms with Crippen molar-refractivity contribution in [3.63, 3.8) is 0 Å². The van der Waals surface area contributed by atoms with E-state index in [1.54, 1.807) is 0 Å². The van der Waals surface area contributed by atoms with Crippen molar-refractivity contribution in [2.24, 2.45) is 0 Å². The van der Waals surface area contributed by atoms with E-state index in [2.05, 4.69) is 0 Å². The predicted octanol–water partition coefficient (Wildman–Crippen LogP) is 0.696. The van der Waals surface area contributed by atoms with Crippen molar-refractivity contribution in [3.05, 3.63) is 29.8 Å². The minimum Gasteiger partial charge on any atom is -0.324 e. The average Bonchev–Trinajstić information content (AvgIpc) is 2.76. The Balaban J connectivity index is 1.81. The van der Waals surface area contributed by atoms with Crippen molar-refractivity contribution in [1.82, 2.24) is 0 Å². The van der Waals surface area contributed by atoms with Gasteiger partial charge in [-0.3, -0.25) is 9.59 Å². The van der Waals surface area contributed by atoms with Crippen molar-refractivity contribution >= 4 is 17.5 Å². The molecule has 2 fully saturated rings. The molecular formula is C16H21N2O2+. The molecule has 2 saturated heterocycles. The van der Waals surface area contributed by atoms with E-state index in [4.69, 9.17) is 0 Å². The quantitative estimate of drug-likeness (QED) is 0.806. The monoisotopic (exact) mass is 273 g/mol. The van der Waals surface area contributed by atoms with Gasteiger partial charge in [-0.1, -0.05) is 17.7 Å². The summed E-state index contributed by atoms with van der Waals surface area (Å²) < 4.78 is 0. The molecule has 2 aliphatic rings. The van der Waals surface area contributed by atoms with E-state index in [1.807, 2.05) is 31.2 Å². The summed E-state index contributed by atoms with van der Waals surface area (Å²) in [7, 11) is 0. The minimum absolute atomic E-state index is 0.0178. The molecule has 0 unspecified atom stereocenters. The first kappa shape index (κ1) is 13.3. The number of likely N-dealkylation sites (tertiary alicyclic amines) is 1. The fourth-order valence-corrected chi connectivity index (χ4v) is 3.27. The van der Waals surface area contributed by atoms with E-state index in [0.29, 0.717) is 12.1 Å². The van der Waals surface area contributed by atoms with Crippen LogP contribution in [0.4, 0.5) is 5.69 Å². The van der Waals surface area contributed by atoms with Crippen LogP contribution in [0.3, 0.4) is 0 Å². The molecular weight excluding hydrogens is 252 g/mol. The van der Waals surface area contributed by atoms with Gasteiger partial charge in [-0.05, 0) is 38.3 Å². The molecule has 0 aromatic heterocycles. The number of hydrogen-bond donors (Lipinski definition) is 1. The fraction of sp³-hybridized carbons (Fsp3) is 0.500. The van der Waals surface area contributed by atoms with Gasteiger partial charge in [-0.15, -0.1) is 0 Å². The lowest BCUT2D eigenvalue weighted by Crippen LogP contribution is -3.17. The molecule has 1 atom stereocenters. The van der Waals surface area contributed by atoms with Crippen LogP contribution >= 0.6 is 0 Å². The second-order valence-electron chi connectivity index (χ2n) is 5.88. The number of nitrogens with one attached hydrogen (secondary N) is 1. The molecule has 1 aromatic rings. The molecule has 3 rings (SSSR count). The Morgan fingerprint density at radius 2 is 1.70 bits per heavy atom. The molecule has 0 radical (unpaired) electrons. The number of quaternary nitrogens is 1. The highest BCUT2D eigenvalue weighted by Crippen LogP contribution is 2.22. The Morgan fingerprint density at radius 3 is 2.35 bits per heavy atom. The smallest absolute Gasteiger partial charge is 0.292 e. The van der Waals surface area contributed by atoms with Crippen LogP contribution in [0.25, 0.3) is 0 Å². The number of imide groups is 1. The molecule has 0 spiro atoms. The number of carbonyl (C=O) groups excluding carboxylic acids is 2. The van der Waals surface area contributed by atoms with Gasteiger partial charge in [0.1, 0.15) is 0 Å². The second kappa shape index (κ2) is 5.37. The van der Waals surface area contributed by atoms with Crippen LogP contribution in [0.2, 0.25) is 0 Å². The molecule has 0 aliphatic carbocycles. The molecule has 1 aromatic carbocycles. The summed E-state index contributed by atoms with van der Waals surface area (Å²) in [6.45, 7) is 4.04. The Hall–Kier alpha value is -1.68. The number of piperidine rings is 1. The number of aryl methyl sites for hydroxylation is 1. The van der Waals surface area contributed by atoms with Crippen molar-refractivity contribution in [1.29, 1.82) is 0 Å². The number of rotatable bonds is 2. The molecule has 2 aliphatic heterocycles. The number of benzene rings is 1. The normalized spacial score (nSPS) is 24.4. The van der Waals surface area contributed by atoms with Gasteiger partial charge >= 0.3 is 0 Å². The lowest BCUT2D eigenvalue weighted by atomic mass is 10.1. The molecule has 0 saturated carbocycles. The van der Waals surface area contributed by atoms with E-state index in [-0.39, 0.29) is 17.9 Å². The highest BCUT2D eigenvalue weighted by Gasteiger charge is 2.45. The average molecular weight is 273 g/mol. The Labute approximate surface area is 119 Å². The van der Waals surface area contributed by atoms with E-state index < -0.39 is 0 Å². The van der Waals surface area contributed by atoms with Crippen LogP contribution in [0.15, 0.2) is 24.3 Å². The lowest BCUT2D eigenvalue weighted by Gasteiger charge is -2.27. The Bertz CT molecular complexity index is 518. The van der Waals surface area contributed by atoms with E-state index in [0.717, 1.165) is 31.5 Å². The summed E-state index contributed by atoms with van der Waals surface area (Å²) in [4.78, 5) is 27.5. The molecule has 20 heavy (non-hydrogen) atoms. The third-order valence-electron chi connectivity index (χ3n) is 4.43. The van der Waals surface area contributed by atoms with Crippen LogP contribution < -0.4 is 9.80 Å². The fourth-order valence-electron chi connectivity index (χ4n) is 3.27. The van der Waals surface area contributed by atoms with Crippen molar-refractivity contribution in [2.45, 2.75) is 38.6 Å². The van der Waals surface area contributed by atoms with Gasteiger partial charge in [-0.25, -0.2) is 4.90 Å². The third-order valence-corrected chi connectivity index (χ3v) is 4.43. The van der Waals surface area contributed by atoms with Gasteiger partial charge < -0.3 is 4.90 Å². The highest BCUT2D eigenvalue weighted by molar-refractivity contribution is 6.21. The highest BCUT2D eigenvalue weighted by atomic mass is 16.2. The van der Waals surface area contributed by atoms with E-state index in [1.165, 1.54) is 16.2 Å². The molecule has 4 nitrogen and oxygen atoms in total. The van der Waals surface area contributed by atoms with Gasteiger partial charge in [0.25, 0.3) is 5.91 Å². The molecule has 2 amide bonds. The second-order valence-corrected chi connectivity index (χ2v) is 5.88. The van der Waals surface area contributed by atoms with Crippen LogP contribution in [-0.2, 0) is 9.59 Å². The zero-order chi connectivity index (χ0) is 14.1. The van der Waals surface area contributed by atoms with Gasteiger partial charge in [0.05, 0.1) is 25.2 Å². The zero-order valence-corrected chi connectivity index (χ0v) is 11.9. The van der Waals surface area contributed by atoms with Crippen molar-refractivity contribution in [3.8, 4) is 0 Å². The van der Waals surface area contributed by atoms with Crippen molar-refractivity contribution in [2.75, 3.05) is 18.0 Å². The van der Waals surface area contributed by atoms with Gasteiger partial charge in [0.15, 0.2) is 6.04 Å². The summed E-state index contributed by atoms with van der Waals surface area (Å²) in [5, 5.41) is 0. The maximum atomic E-state index is 12.6. The van der Waals surface area contributed by atoms with Gasteiger partial charge in [-0.2, -0.15) is 0 Å². The zero-order valence-electron chi connectivity index (χ0n) is 11.9. The summed E-state index contributed by atoms with van der Waals surface area (Å²) in [6.07, 6.45) is 3.94. The van der Waals surface area contributed by atoms with Crippen LogP contribution in [0, 0.1) is 6.92 Å². The first-order valence-electron chi connectivity index (χ1n) is 7.45. The van der Waals surface area contributed by atoms with Crippen LogP contribution in [-0.4, -0.2) is 30.9 Å². The van der Waals surface area contributed by atoms with Crippen LogP contribution in [0.1, 0.15) is 31.2 Å². The maximum absolute atomic E-state index is 12.6. The predicted molar refractivity (Wildman–Crippen MR) is 76.6 cm³/mol. The molecule has 2 heterocycles. The minimum atomic E-state index is -0.163. The molecule has 1 N–H and O–H groups in total. The Morgan fingerprint density at radius 1 is 1.05 bits per heavy atom. The summed E-state index contributed by atoms with van der Waals surface area (Å²) in [5.41, 5.74) is 1.84. The maximum Gasteiger partial charge on any atom is 0.292 e. The number of nitrogens with zero attached hydrogens (tertiary/aromatic N) is 1.